The lowest BCUT2D eigenvalue weighted by Gasteiger charge is -2.61. The molecule has 1 saturated heterocycles. The summed E-state index contributed by atoms with van der Waals surface area (Å²) in [6.07, 6.45) is 11.6. The van der Waals surface area contributed by atoms with Crippen LogP contribution in [0.1, 0.15) is 19.8 Å². The molecule has 5 aliphatic rings. The first kappa shape index (κ1) is 15.3. The quantitative estimate of drug-likeness (QED) is 0.320. The average Bonchev–Trinajstić information content (AvgIpc) is 2.97. The number of aliphatic imine (C=N–C) groups is 1. The molecule has 0 aromatic rings. The Kier molecular flexibility index (Phi) is 2.94. The third-order valence-electron chi connectivity index (χ3n) is 7.00. The van der Waals surface area contributed by atoms with Gasteiger partial charge < -0.3 is 14.6 Å². The van der Waals surface area contributed by atoms with Crippen LogP contribution in [0.5, 0.6) is 0 Å². The molecule has 3 aliphatic heterocycles. The fourth-order valence-electron chi connectivity index (χ4n) is 5.94. The van der Waals surface area contributed by atoms with Crippen LogP contribution < -0.4 is 0 Å². The summed E-state index contributed by atoms with van der Waals surface area (Å²) < 4.78 is 4.99. The lowest BCUT2D eigenvalue weighted by molar-refractivity contribution is -0.850. The Morgan fingerprint density at radius 3 is 3.08 bits per heavy atom. The highest BCUT2D eigenvalue weighted by Crippen LogP contribution is 2.66. The van der Waals surface area contributed by atoms with Crippen LogP contribution in [0.15, 0.2) is 52.3 Å². The Morgan fingerprint density at radius 2 is 2.32 bits per heavy atom. The van der Waals surface area contributed by atoms with Gasteiger partial charge in [-0.3, -0.25) is 9.79 Å². The first-order valence-electron chi connectivity index (χ1n) is 9.04. The van der Waals surface area contributed by atoms with Crippen LogP contribution in [0.4, 0.5) is 0 Å². The van der Waals surface area contributed by atoms with Gasteiger partial charge in [-0.05, 0) is 18.6 Å². The summed E-state index contributed by atoms with van der Waals surface area (Å²) in [6, 6.07) is 0. The number of piperidine rings is 1. The molecule has 3 heterocycles. The summed E-state index contributed by atoms with van der Waals surface area (Å²) in [7, 11) is 1.47. The van der Waals surface area contributed by atoms with Gasteiger partial charge in [0, 0.05) is 35.8 Å². The Hall–Kier alpha value is -1.98. The van der Waals surface area contributed by atoms with E-state index in [1.807, 2.05) is 31.2 Å². The molecular weight excluding hydrogens is 316 g/mol. The van der Waals surface area contributed by atoms with Crippen LogP contribution in [0, 0.1) is 28.4 Å². The number of fused-ring (bicyclic) bond motifs is 2. The average molecular weight is 338 g/mol. The van der Waals surface area contributed by atoms with Crippen LogP contribution in [-0.4, -0.2) is 36.5 Å². The van der Waals surface area contributed by atoms with Gasteiger partial charge in [-0.15, -0.1) is 0 Å². The number of esters is 1. The van der Waals surface area contributed by atoms with Gasteiger partial charge in [0.15, 0.2) is 0 Å². The second-order valence-corrected chi connectivity index (χ2v) is 7.79. The second-order valence-electron chi connectivity index (χ2n) is 7.79. The summed E-state index contributed by atoms with van der Waals surface area (Å²) in [4.78, 5) is 17.9. The molecule has 5 atom stereocenters. The summed E-state index contributed by atoms with van der Waals surface area (Å²) in [5, 5.41) is 13.5. The molecule has 130 valence electrons. The van der Waals surface area contributed by atoms with Crippen LogP contribution in [0.3, 0.4) is 0 Å². The van der Waals surface area contributed by atoms with Crippen LogP contribution >= 0.6 is 0 Å². The Labute approximate surface area is 147 Å². The highest BCUT2D eigenvalue weighted by atomic mass is 16.5. The molecule has 25 heavy (non-hydrogen) atoms. The molecule has 0 N–H and O–H groups in total. The number of carbonyl (C=O) groups is 1. The van der Waals surface area contributed by atoms with Gasteiger partial charge in [0.25, 0.3) is 0 Å². The normalized spacial score (nSPS) is 44.7. The van der Waals surface area contributed by atoms with Crippen molar-refractivity contribution in [2.45, 2.75) is 19.8 Å². The van der Waals surface area contributed by atoms with E-state index in [-0.39, 0.29) is 28.4 Å². The van der Waals surface area contributed by atoms with Gasteiger partial charge in [0.05, 0.1) is 19.6 Å². The van der Waals surface area contributed by atoms with Crippen molar-refractivity contribution in [1.82, 2.24) is 0 Å². The Bertz CT molecular complexity index is 834. The molecule has 5 heteroatoms. The number of hydrogen-bond acceptors (Lipinski definition) is 4. The van der Waals surface area contributed by atoms with E-state index in [1.165, 1.54) is 7.11 Å². The lowest BCUT2D eigenvalue weighted by atomic mass is 9.51. The molecule has 0 radical (unpaired) electrons. The van der Waals surface area contributed by atoms with Crippen molar-refractivity contribution < 1.29 is 14.2 Å². The van der Waals surface area contributed by atoms with E-state index in [9.17, 15) is 10.0 Å². The van der Waals surface area contributed by atoms with Gasteiger partial charge >= 0.3 is 5.97 Å². The predicted octanol–water partition coefficient (Wildman–Crippen LogP) is 2.87. The zero-order valence-corrected chi connectivity index (χ0v) is 14.6. The first-order chi connectivity index (χ1) is 12.0. The maximum atomic E-state index is 13.5. The summed E-state index contributed by atoms with van der Waals surface area (Å²) in [5.74, 6) is -0.295. The van der Waals surface area contributed by atoms with Gasteiger partial charge in [0.2, 0.25) is 0 Å². The number of hydroxylamine groups is 3. The van der Waals surface area contributed by atoms with Gasteiger partial charge in [-0.25, -0.2) is 0 Å². The molecular formula is C20H22N2O3. The largest absolute Gasteiger partial charge is 0.627 e. The fraction of sp³-hybridized carbons (Fsp3) is 0.500. The van der Waals surface area contributed by atoms with Crippen molar-refractivity contribution >= 4 is 11.7 Å². The van der Waals surface area contributed by atoms with E-state index in [2.05, 4.69) is 6.08 Å². The van der Waals surface area contributed by atoms with E-state index in [1.54, 1.807) is 0 Å². The number of nitrogens with zero attached hydrogens (tertiary/aromatic N) is 2. The minimum Gasteiger partial charge on any atom is -0.627 e. The second kappa shape index (κ2) is 4.80. The zero-order valence-electron chi connectivity index (χ0n) is 14.6. The van der Waals surface area contributed by atoms with Crippen molar-refractivity contribution in [2.24, 2.45) is 28.2 Å². The number of carbonyl (C=O) groups excluding carboxylic acids is 1. The molecule has 0 amide bonds. The zero-order chi connectivity index (χ0) is 17.4. The number of quaternary nitrogens is 1. The highest BCUT2D eigenvalue weighted by Gasteiger charge is 2.67. The summed E-state index contributed by atoms with van der Waals surface area (Å²) >= 11 is 0. The lowest BCUT2D eigenvalue weighted by Crippen LogP contribution is -2.63. The van der Waals surface area contributed by atoms with Crippen LogP contribution in [0.2, 0.25) is 0 Å². The van der Waals surface area contributed by atoms with Crippen molar-refractivity contribution in [3.8, 4) is 0 Å². The Morgan fingerprint density at radius 1 is 1.48 bits per heavy atom. The summed E-state index contributed by atoms with van der Waals surface area (Å²) in [6.45, 7) is 2.95. The van der Waals surface area contributed by atoms with E-state index >= 15 is 0 Å². The van der Waals surface area contributed by atoms with E-state index in [0.717, 1.165) is 22.7 Å². The first-order valence-corrected chi connectivity index (χ1v) is 9.04. The van der Waals surface area contributed by atoms with Crippen molar-refractivity contribution in [3.63, 3.8) is 0 Å². The van der Waals surface area contributed by atoms with E-state index in [0.29, 0.717) is 25.9 Å². The van der Waals surface area contributed by atoms with Crippen molar-refractivity contribution in [3.05, 3.63) is 52.6 Å². The van der Waals surface area contributed by atoms with Crippen molar-refractivity contribution in [2.75, 3.05) is 20.2 Å². The third kappa shape index (κ3) is 1.66. The van der Waals surface area contributed by atoms with Crippen LogP contribution in [-0.2, 0) is 9.53 Å². The predicted molar refractivity (Wildman–Crippen MR) is 94.0 cm³/mol. The van der Waals surface area contributed by atoms with Crippen molar-refractivity contribution in [1.29, 1.82) is 0 Å². The molecule has 0 spiro atoms. The molecule has 5 rings (SSSR count). The monoisotopic (exact) mass is 338 g/mol. The number of rotatable bonds is 1. The van der Waals surface area contributed by atoms with Gasteiger partial charge in [-0.2, -0.15) is 0 Å². The Balaban J connectivity index is 1.81. The maximum absolute atomic E-state index is 13.5. The highest BCUT2D eigenvalue weighted by molar-refractivity contribution is 6.03. The molecule has 3 bridgehead atoms. The number of methoxy groups -OCH3 is 1. The molecule has 1 fully saturated rings. The topological polar surface area (TPSA) is 61.7 Å². The number of allylic oxidation sites excluding steroid dienone is 7. The standard InChI is InChI=1S/C20H22N2O3/c1-3-12-11-22(24)9-8-20-14-6-4-5-7-15(14)21-18(20)16(22)10-13(12)17(20)19(23)25-2/h3-7,13-14,17H,8-11H2,1-2H3/b12-3-. The molecule has 5 unspecified atom stereocenters. The third-order valence-corrected chi connectivity index (χ3v) is 7.00. The number of ether oxygens (including phenoxy) is 1. The fourth-order valence-corrected chi connectivity index (χ4v) is 5.94. The molecule has 2 aliphatic carbocycles. The van der Waals surface area contributed by atoms with Gasteiger partial charge in [-0.1, -0.05) is 24.3 Å². The van der Waals surface area contributed by atoms with Gasteiger partial charge in [0.1, 0.15) is 17.9 Å². The summed E-state index contributed by atoms with van der Waals surface area (Å²) in [5.41, 5.74) is 3.48. The minimum absolute atomic E-state index is 0.0607. The molecule has 0 saturated carbocycles. The molecule has 0 aromatic carbocycles. The number of hydrogen-bond donors (Lipinski definition) is 0. The molecule has 5 nitrogen and oxygen atoms in total. The maximum Gasteiger partial charge on any atom is 0.310 e. The molecule has 0 aromatic heterocycles. The minimum atomic E-state index is -0.414. The van der Waals surface area contributed by atoms with E-state index < -0.39 is 5.41 Å². The smallest absolute Gasteiger partial charge is 0.310 e. The van der Waals surface area contributed by atoms with Crippen LogP contribution in [0.25, 0.3) is 0 Å². The SMILES string of the molecule is C/C=C1/C[N+]2([O-])CCC34C(=C2CC1C3C(=O)OC)N=C1C=CC=CC14. The van der Waals surface area contributed by atoms with E-state index in [4.69, 9.17) is 9.73 Å².